The van der Waals surface area contributed by atoms with Crippen molar-refractivity contribution in [3.63, 3.8) is 0 Å². The maximum Gasteiger partial charge on any atom is 0.0849 e. The molecule has 3 heteroatoms. The Balaban J connectivity index is 2.25. The average Bonchev–Trinajstić information content (AvgIpc) is 2.78. The number of nitrogens with zero attached hydrogens (tertiary/aromatic N) is 1. The van der Waals surface area contributed by atoms with Crippen molar-refractivity contribution in [3.8, 4) is 0 Å². The smallest absolute Gasteiger partial charge is 0.0849 e. The van der Waals surface area contributed by atoms with Gasteiger partial charge in [-0.25, -0.2) is 0 Å². The van der Waals surface area contributed by atoms with Gasteiger partial charge in [-0.2, -0.15) is 0 Å². The molecule has 1 N–H and O–H groups in total. The topological polar surface area (TPSA) is 24.9 Å². The molecule has 1 aliphatic rings. The first-order valence-corrected chi connectivity index (χ1v) is 4.88. The Morgan fingerprint density at radius 1 is 1.54 bits per heavy atom. The van der Waals surface area contributed by atoms with E-state index in [9.17, 15) is 0 Å². The SMILES string of the molecule is Cc1nccc(NC2(C)CC2)c1Cl. The van der Waals surface area contributed by atoms with E-state index in [4.69, 9.17) is 11.6 Å². The Hall–Kier alpha value is -0.760. The van der Waals surface area contributed by atoms with Crippen molar-refractivity contribution in [2.75, 3.05) is 5.32 Å². The summed E-state index contributed by atoms with van der Waals surface area (Å²) in [6, 6.07) is 1.93. The summed E-state index contributed by atoms with van der Waals surface area (Å²) in [6.45, 7) is 4.13. The van der Waals surface area contributed by atoms with Crippen LogP contribution in [-0.4, -0.2) is 10.5 Å². The molecule has 0 unspecified atom stereocenters. The number of anilines is 1. The molecule has 0 amide bonds. The molecule has 0 atom stereocenters. The molecule has 2 nitrogen and oxygen atoms in total. The molecule has 0 bridgehead atoms. The third-order valence-electron chi connectivity index (χ3n) is 2.50. The molecule has 1 fully saturated rings. The molecule has 1 aromatic heterocycles. The molecule has 2 rings (SSSR count). The second-order valence-corrected chi connectivity index (χ2v) is 4.32. The molecule has 1 saturated carbocycles. The van der Waals surface area contributed by atoms with Gasteiger partial charge < -0.3 is 5.32 Å². The van der Waals surface area contributed by atoms with Crippen LogP contribution in [0, 0.1) is 6.92 Å². The number of nitrogens with one attached hydrogen (secondary N) is 1. The van der Waals surface area contributed by atoms with Crippen LogP contribution >= 0.6 is 11.6 Å². The van der Waals surface area contributed by atoms with Crippen LogP contribution in [-0.2, 0) is 0 Å². The highest BCUT2D eigenvalue weighted by atomic mass is 35.5. The van der Waals surface area contributed by atoms with E-state index in [1.807, 2.05) is 13.0 Å². The number of pyridine rings is 1. The van der Waals surface area contributed by atoms with Crippen LogP contribution in [0.25, 0.3) is 0 Å². The normalized spacial score (nSPS) is 18.4. The molecule has 1 aliphatic carbocycles. The average molecular weight is 197 g/mol. The molecule has 1 aromatic rings. The number of aryl methyl sites for hydroxylation is 1. The maximum absolute atomic E-state index is 6.10. The van der Waals surface area contributed by atoms with Crippen molar-refractivity contribution in [2.45, 2.75) is 32.2 Å². The number of aromatic nitrogens is 1. The van der Waals surface area contributed by atoms with Gasteiger partial charge in [0.05, 0.1) is 16.4 Å². The molecule has 0 radical (unpaired) electrons. The van der Waals surface area contributed by atoms with Gasteiger partial charge in [-0.3, -0.25) is 4.98 Å². The monoisotopic (exact) mass is 196 g/mol. The molecular weight excluding hydrogens is 184 g/mol. The minimum Gasteiger partial charge on any atom is -0.379 e. The predicted molar refractivity (Wildman–Crippen MR) is 55.2 cm³/mol. The van der Waals surface area contributed by atoms with Gasteiger partial charge in [0.15, 0.2) is 0 Å². The van der Waals surface area contributed by atoms with Crippen molar-refractivity contribution in [2.24, 2.45) is 0 Å². The molecule has 70 valence electrons. The maximum atomic E-state index is 6.10. The van der Waals surface area contributed by atoms with E-state index in [1.54, 1.807) is 6.20 Å². The largest absolute Gasteiger partial charge is 0.379 e. The van der Waals surface area contributed by atoms with Gasteiger partial charge in [0.25, 0.3) is 0 Å². The zero-order chi connectivity index (χ0) is 9.47. The van der Waals surface area contributed by atoms with Crippen molar-refractivity contribution in [3.05, 3.63) is 23.0 Å². The number of rotatable bonds is 2. The quantitative estimate of drug-likeness (QED) is 0.787. The van der Waals surface area contributed by atoms with Crippen LogP contribution in [0.15, 0.2) is 12.3 Å². The summed E-state index contributed by atoms with van der Waals surface area (Å²) in [5.74, 6) is 0. The van der Waals surface area contributed by atoms with E-state index in [2.05, 4.69) is 17.2 Å². The fraction of sp³-hybridized carbons (Fsp3) is 0.500. The van der Waals surface area contributed by atoms with Crippen LogP contribution in [0.1, 0.15) is 25.5 Å². The molecule has 0 aromatic carbocycles. The van der Waals surface area contributed by atoms with Gasteiger partial charge in [0, 0.05) is 11.7 Å². The molecular formula is C10H13ClN2. The minimum absolute atomic E-state index is 0.275. The van der Waals surface area contributed by atoms with Crippen LogP contribution in [0.3, 0.4) is 0 Å². The second kappa shape index (κ2) is 2.88. The Labute approximate surface area is 83.3 Å². The lowest BCUT2D eigenvalue weighted by Crippen LogP contribution is -2.16. The summed E-state index contributed by atoms with van der Waals surface area (Å²) in [6.07, 6.45) is 4.24. The molecule has 0 aliphatic heterocycles. The highest BCUT2D eigenvalue weighted by Crippen LogP contribution is 2.39. The summed E-state index contributed by atoms with van der Waals surface area (Å²) in [5.41, 5.74) is 2.17. The Bertz CT molecular complexity index is 332. The van der Waals surface area contributed by atoms with Gasteiger partial charge in [0.2, 0.25) is 0 Å². The van der Waals surface area contributed by atoms with Crippen molar-refractivity contribution < 1.29 is 0 Å². The Morgan fingerprint density at radius 2 is 2.23 bits per heavy atom. The van der Waals surface area contributed by atoms with E-state index in [-0.39, 0.29) is 5.54 Å². The van der Waals surface area contributed by atoms with Gasteiger partial charge in [-0.15, -0.1) is 0 Å². The third-order valence-corrected chi connectivity index (χ3v) is 2.98. The fourth-order valence-corrected chi connectivity index (χ4v) is 1.44. The van der Waals surface area contributed by atoms with Crippen molar-refractivity contribution in [1.82, 2.24) is 4.98 Å². The third kappa shape index (κ3) is 1.78. The van der Waals surface area contributed by atoms with Crippen molar-refractivity contribution >= 4 is 17.3 Å². The summed E-state index contributed by atoms with van der Waals surface area (Å²) in [7, 11) is 0. The van der Waals surface area contributed by atoms with E-state index in [0.717, 1.165) is 16.4 Å². The van der Waals surface area contributed by atoms with Gasteiger partial charge in [-0.1, -0.05) is 11.6 Å². The van der Waals surface area contributed by atoms with Crippen molar-refractivity contribution in [1.29, 1.82) is 0 Å². The highest BCUT2D eigenvalue weighted by molar-refractivity contribution is 6.33. The van der Waals surface area contributed by atoms with Crippen LogP contribution in [0.4, 0.5) is 5.69 Å². The minimum atomic E-state index is 0.275. The zero-order valence-corrected chi connectivity index (χ0v) is 8.65. The Kier molecular flexibility index (Phi) is 1.95. The number of hydrogen-bond acceptors (Lipinski definition) is 2. The predicted octanol–water partition coefficient (Wildman–Crippen LogP) is 3.01. The molecule has 13 heavy (non-hydrogen) atoms. The first-order chi connectivity index (χ1) is 6.11. The molecule has 0 saturated heterocycles. The number of halogens is 1. The first-order valence-electron chi connectivity index (χ1n) is 4.50. The lowest BCUT2D eigenvalue weighted by Gasteiger charge is -2.14. The number of hydrogen-bond donors (Lipinski definition) is 1. The second-order valence-electron chi connectivity index (χ2n) is 3.94. The summed E-state index contributed by atoms with van der Waals surface area (Å²) in [4.78, 5) is 4.12. The van der Waals surface area contributed by atoms with E-state index in [0.29, 0.717) is 0 Å². The lowest BCUT2D eigenvalue weighted by molar-refractivity contribution is 0.828. The Morgan fingerprint density at radius 3 is 2.85 bits per heavy atom. The van der Waals surface area contributed by atoms with Crippen LogP contribution in [0.2, 0.25) is 5.02 Å². The van der Waals surface area contributed by atoms with E-state index < -0.39 is 0 Å². The van der Waals surface area contributed by atoms with E-state index >= 15 is 0 Å². The van der Waals surface area contributed by atoms with Gasteiger partial charge >= 0.3 is 0 Å². The summed E-state index contributed by atoms with van der Waals surface area (Å²) < 4.78 is 0. The lowest BCUT2D eigenvalue weighted by atomic mass is 10.2. The fourth-order valence-electron chi connectivity index (χ4n) is 1.28. The first kappa shape index (κ1) is 8.82. The zero-order valence-electron chi connectivity index (χ0n) is 7.89. The van der Waals surface area contributed by atoms with Crippen LogP contribution in [0.5, 0.6) is 0 Å². The van der Waals surface area contributed by atoms with Gasteiger partial charge in [0.1, 0.15) is 0 Å². The molecule has 1 heterocycles. The molecule has 0 spiro atoms. The van der Waals surface area contributed by atoms with Gasteiger partial charge in [-0.05, 0) is 32.8 Å². The van der Waals surface area contributed by atoms with E-state index in [1.165, 1.54) is 12.8 Å². The van der Waals surface area contributed by atoms with Crippen LogP contribution < -0.4 is 5.32 Å². The summed E-state index contributed by atoms with van der Waals surface area (Å²) in [5, 5.41) is 4.18. The standard InChI is InChI=1S/C10H13ClN2/c1-7-9(11)8(3-6-12-7)13-10(2)4-5-10/h3,6H,4-5H2,1-2H3,(H,12,13). The summed E-state index contributed by atoms with van der Waals surface area (Å²) >= 11 is 6.10. The highest BCUT2D eigenvalue weighted by Gasteiger charge is 2.37.